The SMILES string of the molecule is CCCCN(CCN)S(=O)(=O)N1CCCC1. The van der Waals surface area contributed by atoms with Crippen LogP contribution in [0.5, 0.6) is 0 Å². The van der Waals surface area contributed by atoms with Crippen molar-refractivity contribution in [3.63, 3.8) is 0 Å². The van der Waals surface area contributed by atoms with Gasteiger partial charge in [-0.05, 0) is 19.3 Å². The summed E-state index contributed by atoms with van der Waals surface area (Å²) in [6.45, 7) is 4.79. The summed E-state index contributed by atoms with van der Waals surface area (Å²) >= 11 is 0. The molecule has 0 aromatic rings. The zero-order valence-corrected chi connectivity index (χ0v) is 10.9. The third-order valence-electron chi connectivity index (χ3n) is 2.86. The van der Waals surface area contributed by atoms with Crippen molar-refractivity contribution in [2.45, 2.75) is 32.6 Å². The Morgan fingerprint density at radius 1 is 1.25 bits per heavy atom. The molecule has 0 aliphatic carbocycles. The Morgan fingerprint density at radius 2 is 1.88 bits per heavy atom. The van der Waals surface area contributed by atoms with E-state index in [1.54, 1.807) is 4.31 Å². The van der Waals surface area contributed by atoms with E-state index in [-0.39, 0.29) is 0 Å². The first-order valence-corrected chi connectivity index (χ1v) is 7.48. The van der Waals surface area contributed by atoms with Crippen LogP contribution in [0.3, 0.4) is 0 Å². The molecule has 1 aliphatic rings. The Balaban J connectivity index is 2.66. The van der Waals surface area contributed by atoms with Crippen LogP contribution in [0.25, 0.3) is 0 Å². The van der Waals surface area contributed by atoms with Crippen LogP contribution in [-0.4, -0.2) is 49.8 Å². The Hall–Kier alpha value is -0.170. The fourth-order valence-electron chi connectivity index (χ4n) is 1.90. The average Bonchev–Trinajstić information content (AvgIpc) is 2.77. The minimum Gasteiger partial charge on any atom is -0.329 e. The van der Waals surface area contributed by atoms with E-state index in [2.05, 4.69) is 6.92 Å². The van der Waals surface area contributed by atoms with Crippen LogP contribution in [0.2, 0.25) is 0 Å². The zero-order chi connectivity index (χ0) is 12.0. The monoisotopic (exact) mass is 249 g/mol. The van der Waals surface area contributed by atoms with Crippen LogP contribution in [-0.2, 0) is 10.2 Å². The predicted molar refractivity (Wildman–Crippen MR) is 65.3 cm³/mol. The topological polar surface area (TPSA) is 66.6 Å². The molecule has 0 amide bonds. The molecule has 1 fully saturated rings. The van der Waals surface area contributed by atoms with Gasteiger partial charge in [-0.2, -0.15) is 17.0 Å². The third kappa shape index (κ3) is 3.41. The first-order chi connectivity index (χ1) is 7.62. The van der Waals surface area contributed by atoms with Crippen LogP contribution >= 0.6 is 0 Å². The zero-order valence-electron chi connectivity index (χ0n) is 10.1. The number of unbranched alkanes of at least 4 members (excludes halogenated alkanes) is 1. The van der Waals surface area contributed by atoms with E-state index in [1.807, 2.05) is 0 Å². The van der Waals surface area contributed by atoms with Crippen molar-refractivity contribution < 1.29 is 8.42 Å². The fourth-order valence-corrected chi connectivity index (χ4v) is 3.65. The molecule has 1 heterocycles. The normalized spacial score (nSPS) is 18.4. The van der Waals surface area contributed by atoms with Gasteiger partial charge in [-0.3, -0.25) is 0 Å². The smallest absolute Gasteiger partial charge is 0.282 e. The molecule has 0 bridgehead atoms. The summed E-state index contributed by atoms with van der Waals surface area (Å²) in [7, 11) is -3.25. The summed E-state index contributed by atoms with van der Waals surface area (Å²) in [5.41, 5.74) is 5.47. The number of nitrogens with two attached hydrogens (primary N) is 1. The standard InChI is InChI=1S/C10H23N3O2S/c1-2-3-7-13(10-6-11)16(14,15)12-8-4-5-9-12/h2-11H2,1H3. The Labute approximate surface area is 98.8 Å². The molecule has 0 spiro atoms. The second-order valence-corrected chi connectivity index (χ2v) is 6.08. The summed E-state index contributed by atoms with van der Waals surface area (Å²) in [6.07, 6.45) is 3.84. The fraction of sp³-hybridized carbons (Fsp3) is 1.00. The summed E-state index contributed by atoms with van der Waals surface area (Å²) in [4.78, 5) is 0. The summed E-state index contributed by atoms with van der Waals surface area (Å²) in [5.74, 6) is 0. The molecule has 1 saturated heterocycles. The molecular formula is C10H23N3O2S. The molecule has 2 N–H and O–H groups in total. The Bertz CT molecular complexity index is 286. The van der Waals surface area contributed by atoms with Crippen molar-refractivity contribution in [2.24, 2.45) is 5.73 Å². The molecule has 0 aromatic heterocycles. The van der Waals surface area contributed by atoms with Gasteiger partial charge in [0.15, 0.2) is 0 Å². The minimum absolute atomic E-state index is 0.386. The highest BCUT2D eigenvalue weighted by Gasteiger charge is 2.30. The number of nitrogens with zero attached hydrogens (tertiary/aromatic N) is 2. The van der Waals surface area contributed by atoms with Gasteiger partial charge < -0.3 is 5.73 Å². The lowest BCUT2D eigenvalue weighted by atomic mass is 10.3. The van der Waals surface area contributed by atoms with Crippen LogP contribution in [0.4, 0.5) is 0 Å². The van der Waals surface area contributed by atoms with Crippen LogP contribution in [0.15, 0.2) is 0 Å². The second-order valence-electron chi connectivity index (χ2n) is 4.16. The summed E-state index contributed by atoms with van der Waals surface area (Å²) in [6, 6.07) is 0. The van der Waals surface area contributed by atoms with E-state index in [0.717, 1.165) is 25.7 Å². The lowest BCUT2D eigenvalue weighted by Gasteiger charge is -2.26. The molecule has 0 aromatic carbocycles. The quantitative estimate of drug-likeness (QED) is 0.709. The van der Waals surface area contributed by atoms with Gasteiger partial charge in [0.05, 0.1) is 0 Å². The van der Waals surface area contributed by atoms with E-state index in [0.29, 0.717) is 32.7 Å². The Kier molecular flexibility index (Phi) is 5.68. The largest absolute Gasteiger partial charge is 0.329 e. The van der Waals surface area contributed by atoms with Crippen molar-refractivity contribution >= 4 is 10.2 Å². The van der Waals surface area contributed by atoms with Gasteiger partial charge in [-0.25, -0.2) is 0 Å². The van der Waals surface area contributed by atoms with Gasteiger partial charge in [-0.1, -0.05) is 13.3 Å². The van der Waals surface area contributed by atoms with Gasteiger partial charge in [0.2, 0.25) is 0 Å². The summed E-state index contributed by atoms with van der Waals surface area (Å²) < 4.78 is 27.6. The first-order valence-electron chi connectivity index (χ1n) is 6.08. The highest BCUT2D eigenvalue weighted by Crippen LogP contribution is 2.16. The predicted octanol–water partition coefficient (Wildman–Crippen LogP) is 0.388. The molecule has 96 valence electrons. The van der Waals surface area contributed by atoms with E-state index < -0.39 is 10.2 Å². The lowest BCUT2D eigenvalue weighted by molar-refractivity contribution is 0.359. The van der Waals surface area contributed by atoms with Gasteiger partial charge >= 0.3 is 0 Å². The third-order valence-corrected chi connectivity index (χ3v) is 4.89. The van der Waals surface area contributed by atoms with Gasteiger partial charge in [0.1, 0.15) is 0 Å². The molecule has 0 radical (unpaired) electrons. The van der Waals surface area contributed by atoms with Crippen molar-refractivity contribution in [2.75, 3.05) is 32.7 Å². The summed E-state index contributed by atoms with van der Waals surface area (Å²) in [5, 5.41) is 0. The molecule has 1 aliphatic heterocycles. The molecule has 16 heavy (non-hydrogen) atoms. The number of hydrogen-bond acceptors (Lipinski definition) is 3. The maximum absolute atomic E-state index is 12.2. The number of hydrogen-bond donors (Lipinski definition) is 1. The first kappa shape index (κ1) is 13.9. The molecule has 0 atom stereocenters. The van der Waals surface area contributed by atoms with Crippen molar-refractivity contribution in [1.82, 2.24) is 8.61 Å². The highest BCUT2D eigenvalue weighted by atomic mass is 32.2. The Morgan fingerprint density at radius 3 is 2.38 bits per heavy atom. The molecule has 1 rings (SSSR count). The van der Waals surface area contributed by atoms with Gasteiger partial charge in [0.25, 0.3) is 10.2 Å². The number of rotatable bonds is 7. The van der Waals surface area contributed by atoms with Crippen LogP contribution in [0, 0.1) is 0 Å². The van der Waals surface area contributed by atoms with E-state index in [4.69, 9.17) is 5.73 Å². The molecule has 0 unspecified atom stereocenters. The van der Waals surface area contributed by atoms with Crippen molar-refractivity contribution in [1.29, 1.82) is 0 Å². The highest BCUT2D eigenvalue weighted by molar-refractivity contribution is 7.86. The molecule has 5 nitrogen and oxygen atoms in total. The average molecular weight is 249 g/mol. The van der Waals surface area contributed by atoms with E-state index in [1.165, 1.54) is 4.31 Å². The van der Waals surface area contributed by atoms with Gasteiger partial charge in [0, 0.05) is 32.7 Å². The van der Waals surface area contributed by atoms with Crippen LogP contribution < -0.4 is 5.73 Å². The van der Waals surface area contributed by atoms with Crippen LogP contribution in [0.1, 0.15) is 32.6 Å². The minimum atomic E-state index is -3.25. The van der Waals surface area contributed by atoms with Crippen molar-refractivity contribution in [3.8, 4) is 0 Å². The lowest BCUT2D eigenvalue weighted by Crippen LogP contribution is -2.44. The van der Waals surface area contributed by atoms with E-state index in [9.17, 15) is 8.42 Å². The molecule has 6 heteroatoms. The van der Waals surface area contributed by atoms with Gasteiger partial charge in [-0.15, -0.1) is 0 Å². The second kappa shape index (κ2) is 6.54. The van der Waals surface area contributed by atoms with Crippen molar-refractivity contribution in [3.05, 3.63) is 0 Å². The maximum Gasteiger partial charge on any atom is 0.282 e. The van der Waals surface area contributed by atoms with E-state index >= 15 is 0 Å². The molecule has 0 saturated carbocycles. The molecular weight excluding hydrogens is 226 g/mol. The maximum atomic E-state index is 12.2.